The molecule has 2 aromatic rings. The van der Waals surface area contributed by atoms with Crippen LogP contribution in [0.3, 0.4) is 0 Å². The van der Waals surface area contributed by atoms with Crippen molar-refractivity contribution in [1.82, 2.24) is 15.1 Å². The zero-order valence-corrected chi connectivity index (χ0v) is 13.0. The smallest absolute Gasteiger partial charge is 0.260 e. The van der Waals surface area contributed by atoms with Gasteiger partial charge in [0.05, 0.1) is 6.54 Å². The van der Waals surface area contributed by atoms with Crippen LogP contribution < -0.4 is 9.47 Å². The second-order valence-electron chi connectivity index (χ2n) is 5.48. The first-order valence-electron chi connectivity index (χ1n) is 7.63. The summed E-state index contributed by atoms with van der Waals surface area (Å²) in [5.41, 5.74) is 1.02. The van der Waals surface area contributed by atoms with Gasteiger partial charge in [-0.2, -0.15) is 5.10 Å². The lowest BCUT2D eigenvalue weighted by Gasteiger charge is -2.17. The van der Waals surface area contributed by atoms with Crippen molar-refractivity contribution in [1.29, 1.82) is 0 Å². The largest absolute Gasteiger partial charge is 0.484 e. The molecule has 0 unspecified atom stereocenters. The summed E-state index contributed by atoms with van der Waals surface area (Å²) in [5.74, 6) is 1.20. The van der Waals surface area contributed by atoms with Crippen molar-refractivity contribution < 1.29 is 14.3 Å². The molecule has 2 heterocycles. The number of benzene rings is 1. The van der Waals surface area contributed by atoms with Crippen LogP contribution in [0.4, 0.5) is 0 Å². The molecule has 23 heavy (non-hydrogen) atoms. The first kappa shape index (κ1) is 15.3. The molecule has 1 aromatic heterocycles. The Balaban J connectivity index is 1.49. The SMILES string of the molecule is Cc1ccccc1OCC(=O)N1CC[C@@H](Oc2cccnn2)C1. The Kier molecular flexibility index (Phi) is 4.71. The van der Waals surface area contributed by atoms with E-state index < -0.39 is 0 Å². The van der Waals surface area contributed by atoms with Gasteiger partial charge >= 0.3 is 0 Å². The van der Waals surface area contributed by atoms with E-state index >= 15 is 0 Å². The number of hydrogen-bond acceptors (Lipinski definition) is 5. The first-order chi connectivity index (χ1) is 11.2. The molecular weight excluding hydrogens is 294 g/mol. The minimum atomic E-state index is -0.0471. The molecule has 1 aliphatic rings. The van der Waals surface area contributed by atoms with E-state index in [4.69, 9.17) is 9.47 Å². The van der Waals surface area contributed by atoms with Gasteiger partial charge in [-0.25, -0.2) is 0 Å². The molecule has 0 aliphatic carbocycles. The van der Waals surface area contributed by atoms with Crippen LogP contribution >= 0.6 is 0 Å². The Labute approximate surface area is 135 Å². The number of para-hydroxylation sites is 1. The summed E-state index contributed by atoms with van der Waals surface area (Å²) in [6.45, 7) is 3.22. The molecular formula is C17H19N3O3. The highest BCUT2D eigenvalue weighted by Gasteiger charge is 2.28. The highest BCUT2D eigenvalue weighted by atomic mass is 16.5. The van der Waals surface area contributed by atoms with Crippen molar-refractivity contribution in [3.8, 4) is 11.6 Å². The molecule has 1 aromatic carbocycles. The first-order valence-corrected chi connectivity index (χ1v) is 7.63. The van der Waals surface area contributed by atoms with Crippen LogP contribution in [-0.4, -0.2) is 46.8 Å². The summed E-state index contributed by atoms with van der Waals surface area (Å²) in [6.07, 6.45) is 2.33. The van der Waals surface area contributed by atoms with Gasteiger partial charge < -0.3 is 14.4 Å². The summed E-state index contributed by atoms with van der Waals surface area (Å²) in [6, 6.07) is 11.2. The van der Waals surface area contributed by atoms with Crippen molar-refractivity contribution in [2.45, 2.75) is 19.4 Å². The van der Waals surface area contributed by atoms with E-state index in [1.54, 1.807) is 23.2 Å². The monoisotopic (exact) mass is 313 g/mol. The number of aryl methyl sites for hydroxylation is 1. The Morgan fingerprint density at radius 2 is 2.17 bits per heavy atom. The fourth-order valence-electron chi connectivity index (χ4n) is 2.52. The third kappa shape index (κ3) is 3.97. The number of carbonyl (C=O) groups excluding carboxylic acids is 1. The average molecular weight is 313 g/mol. The topological polar surface area (TPSA) is 64.5 Å². The Hall–Kier alpha value is -2.63. The molecule has 3 rings (SSSR count). The van der Waals surface area contributed by atoms with Crippen LogP contribution in [0.2, 0.25) is 0 Å². The number of nitrogens with zero attached hydrogens (tertiary/aromatic N) is 3. The number of carbonyl (C=O) groups is 1. The number of hydrogen-bond donors (Lipinski definition) is 0. The molecule has 1 atom stereocenters. The van der Waals surface area contributed by atoms with Crippen LogP contribution in [0.1, 0.15) is 12.0 Å². The van der Waals surface area contributed by atoms with Gasteiger partial charge in [0.15, 0.2) is 6.61 Å². The summed E-state index contributed by atoms with van der Waals surface area (Å²) >= 11 is 0. The quantitative estimate of drug-likeness (QED) is 0.843. The summed E-state index contributed by atoms with van der Waals surface area (Å²) in [4.78, 5) is 14.0. The molecule has 6 heteroatoms. The molecule has 0 N–H and O–H groups in total. The number of likely N-dealkylation sites (tertiary alicyclic amines) is 1. The van der Waals surface area contributed by atoms with E-state index in [2.05, 4.69) is 10.2 Å². The zero-order valence-electron chi connectivity index (χ0n) is 13.0. The van der Waals surface area contributed by atoms with Crippen LogP contribution in [-0.2, 0) is 4.79 Å². The maximum atomic E-state index is 12.2. The van der Waals surface area contributed by atoms with E-state index in [0.717, 1.165) is 17.7 Å². The Bertz CT molecular complexity index is 663. The molecule has 1 saturated heterocycles. The van der Waals surface area contributed by atoms with Crippen LogP contribution in [0.5, 0.6) is 11.6 Å². The van der Waals surface area contributed by atoms with Gasteiger partial charge in [0, 0.05) is 25.2 Å². The predicted molar refractivity (Wildman–Crippen MR) is 84.3 cm³/mol. The van der Waals surface area contributed by atoms with Crippen molar-refractivity contribution in [2.75, 3.05) is 19.7 Å². The summed E-state index contributed by atoms with van der Waals surface area (Å²) in [5, 5.41) is 7.67. The number of amides is 1. The highest BCUT2D eigenvalue weighted by Crippen LogP contribution is 2.18. The van der Waals surface area contributed by atoms with Gasteiger partial charge in [0.25, 0.3) is 5.91 Å². The third-order valence-electron chi connectivity index (χ3n) is 3.78. The third-order valence-corrected chi connectivity index (χ3v) is 3.78. The molecule has 120 valence electrons. The van der Waals surface area contributed by atoms with Gasteiger partial charge in [-0.1, -0.05) is 18.2 Å². The van der Waals surface area contributed by atoms with Crippen LogP contribution in [0.15, 0.2) is 42.6 Å². The molecule has 6 nitrogen and oxygen atoms in total. The lowest BCUT2D eigenvalue weighted by Crippen LogP contribution is -2.34. The van der Waals surface area contributed by atoms with Gasteiger partial charge in [-0.15, -0.1) is 5.10 Å². The molecule has 1 amide bonds. The molecule has 0 spiro atoms. The lowest BCUT2D eigenvalue weighted by atomic mass is 10.2. The molecule has 0 radical (unpaired) electrons. The molecule has 1 aliphatic heterocycles. The average Bonchev–Trinajstić information content (AvgIpc) is 3.03. The molecule has 1 fully saturated rings. The number of aromatic nitrogens is 2. The summed E-state index contributed by atoms with van der Waals surface area (Å²) < 4.78 is 11.3. The second-order valence-corrected chi connectivity index (χ2v) is 5.48. The Morgan fingerprint density at radius 3 is 2.96 bits per heavy atom. The fraction of sp³-hybridized carbons (Fsp3) is 0.353. The zero-order chi connectivity index (χ0) is 16.1. The molecule has 0 bridgehead atoms. The highest BCUT2D eigenvalue weighted by molar-refractivity contribution is 5.78. The van der Waals surface area contributed by atoms with Crippen LogP contribution in [0.25, 0.3) is 0 Å². The fourth-order valence-corrected chi connectivity index (χ4v) is 2.52. The van der Waals surface area contributed by atoms with E-state index in [1.165, 1.54) is 0 Å². The van der Waals surface area contributed by atoms with Crippen molar-refractivity contribution in [3.05, 3.63) is 48.2 Å². The van der Waals surface area contributed by atoms with Gasteiger partial charge in [0.2, 0.25) is 5.88 Å². The van der Waals surface area contributed by atoms with Gasteiger partial charge in [-0.05, 0) is 24.6 Å². The number of rotatable bonds is 5. The normalized spacial score (nSPS) is 17.1. The summed E-state index contributed by atoms with van der Waals surface area (Å²) in [7, 11) is 0. The van der Waals surface area contributed by atoms with Crippen molar-refractivity contribution in [3.63, 3.8) is 0 Å². The van der Waals surface area contributed by atoms with E-state index in [0.29, 0.717) is 19.0 Å². The van der Waals surface area contributed by atoms with Crippen molar-refractivity contribution in [2.24, 2.45) is 0 Å². The van der Waals surface area contributed by atoms with Crippen LogP contribution in [0, 0.1) is 6.92 Å². The maximum absolute atomic E-state index is 12.2. The number of ether oxygens (including phenoxy) is 2. The van der Waals surface area contributed by atoms with E-state index in [-0.39, 0.29) is 18.6 Å². The Morgan fingerprint density at radius 1 is 1.30 bits per heavy atom. The molecule has 0 saturated carbocycles. The van der Waals surface area contributed by atoms with Gasteiger partial charge in [-0.3, -0.25) is 4.79 Å². The minimum absolute atomic E-state index is 0.0292. The lowest BCUT2D eigenvalue weighted by molar-refractivity contribution is -0.132. The van der Waals surface area contributed by atoms with Crippen molar-refractivity contribution >= 4 is 5.91 Å². The minimum Gasteiger partial charge on any atom is -0.484 e. The second kappa shape index (κ2) is 7.09. The predicted octanol–water partition coefficient (Wildman–Crippen LogP) is 1.84. The van der Waals surface area contributed by atoms with Gasteiger partial charge in [0.1, 0.15) is 11.9 Å². The van der Waals surface area contributed by atoms with E-state index in [9.17, 15) is 4.79 Å². The van der Waals surface area contributed by atoms with E-state index in [1.807, 2.05) is 31.2 Å². The maximum Gasteiger partial charge on any atom is 0.260 e. The standard InChI is InChI=1S/C17H19N3O3/c1-13-5-2-3-6-15(13)22-12-17(21)20-10-8-14(11-20)23-16-7-4-9-18-19-16/h2-7,9,14H,8,10-12H2,1H3/t14-/m1/s1.